The predicted molar refractivity (Wildman–Crippen MR) is 93.8 cm³/mol. The molecule has 0 aromatic carbocycles. The third-order valence-corrected chi connectivity index (χ3v) is 8.39. The van der Waals surface area contributed by atoms with E-state index < -0.39 is 15.3 Å². The lowest BCUT2D eigenvalue weighted by Crippen LogP contribution is -2.54. The fourth-order valence-corrected chi connectivity index (χ4v) is 6.44. The van der Waals surface area contributed by atoms with Crippen molar-refractivity contribution in [2.45, 2.75) is 63.2 Å². The Morgan fingerprint density at radius 2 is 1.71 bits per heavy atom. The molecule has 6 nitrogen and oxygen atoms in total. The number of sulfonamides is 1. The summed E-state index contributed by atoms with van der Waals surface area (Å²) in [5.41, 5.74) is 6.02. The predicted octanol–water partition coefficient (Wildman–Crippen LogP) is 1.17. The van der Waals surface area contributed by atoms with Gasteiger partial charge in [0.05, 0.1) is 5.25 Å². The fraction of sp³-hybridized carbons (Fsp3) is 0.941. The lowest BCUT2D eigenvalue weighted by molar-refractivity contribution is -0.136. The van der Waals surface area contributed by atoms with Gasteiger partial charge in [0.25, 0.3) is 0 Å². The Kier molecular flexibility index (Phi) is 5.52. The van der Waals surface area contributed by atoms with Gasteiger partial charge in [0.2, 0.25) is 15.9 Å². The van der Waals surface area contributed by atoms with E-state index in [0.717, 1.165) is 38.5 Å². The summed E-state index contributed by atoms with van der Waals surface area (Å²) < 4.78 is 27.7. The number of carbonyl (C=O) groups is 1. The number of hydrogen-bond donors (Lipinski definition) is 1. The summed E-state index contributed by atoms with van der Waals surface area (Å²) in [6.45, 7) is 4.12. The number of carbonyl (C=O) groups excluding carboxylic acids is 1. The average molecular weight is 358 g/mol. The van der Waals surface area contributed by atoms with Crippen LogP contribution in [0.5, 0.6) is 0 Å². The lowest BCUT2D eigenvalue weighted by atomic mass is 9.96. The van der Waals surface area contributed by atoms with Crippen molar-refractivity contribution < 1.29 is 13.2 Å². The first kappa shape index (κ1) is 18.1. The van der Waals surface area contributed by atoms with E-state index in [0.29, 0.717) is 32.6 Å². The van der Waals surface area contributed by atoms with Gasteiger partial charge in [-0.25, -0.2) is 12.7 Å². The van der Waals surface area contributed by atoms with Gasteiger partial charge < -0.3 is 10.6 Å². The van der Waals surface area contributed by atoms with Crippen molar-refractivity contribution in [3.63, 3.8) is 0 Å². The number of likely N-dealkylation sites (tertiary alicyclic amines) is 1. The molecule has 0 spiro atoms. The Labute approximate surface area is 145 Å². The van der Waals surface area contributed by atoms with Crippen molar-refractivity contribution in [1.82, 2.24) is 9.21 Å². The van der Waals surface area contributed by atoms with E-state index in [1.807, 2.05) is 11.8 Å². The van der Waals surface area contributed by atoms with Crippen LogP contribution >= 0.6 is 0 Å². The molecule has 7 heteroatoms. The maximum atomic E-state index is 13.0. The molecular weight excluding hydrogens is 326 g/mol. The fourth-order valence-electron chi connectivity index (χ4n) is 4.38. The van der Waals surface area contributed by atoms with Crippen LogP contribution in [0.4, 0.5) is 0 Å². The number of piperidine rings is 2. The normalized spacial score (nSPS) is 33.8. The second kappa shape index (κ2) is 7.30. The van der Waals surface area contributed by atoms with Crippen molar-refractivity contribution in [2.75, 3.05) is 26.2 Å². The van der Waals surface area contributed by atoms with Gasteiger partial charge in [-0.15, -0.1) is 0 Å². The molecule has 0 aromatic rings. The lowest BCUT2D eigenvalue weighted by Gasteiger charge is -2.39. The summed E-state index contributed by atoms with van der Waals surface area (Å²) in [6.07, 6.45) is 6.34. The van der Waals surface area contributed by atoms with Crippen molar-refractivity contribution >= 4 is 15.9 Å². The van der Waals surface area contributed by atoms with E-state index in [1.54, 1.807) is 4.31 Å². The monoisotopic (exact) mass is 357 g/mol. The molecule has 1 saturated carbocycles. The highest BCUT2D eigenvalue weighted by Gasteiger charge is 2.40. The molecule has 2 saturated heterocycles. The van der Waals surface area contributed by atoms with Crippen LogP contribution in [0.25, 0.3) is 0 Å². The van der Waals surface area contributed by atoms with E-state index in [9.17, 15) is 13.2 Å². The Bertz CT molecular complexity index is 559. The van der Waals surface area contributed by atoms with E-state index in [4.69, 9.17) is 5.73 Å². The van der Waals surface area contributed by atoms with E-state index in [-0.39, 0.29) is 23.8 Å². The minimum absolute atomic E-state index is 0.0863. The summed E-state index contributed by atoms with van der Waals surface area (Å²) in [4.78, 5) is 14.5. The van der Waals surface area contributed by atoms with Gasteiger partial charge in [-0.2, -0.15) is 0 Å². The van der Waals surface area contributed by atoms with Gasteiger partial charge in [0, 0.05) is 38.1 Å². The number of nitrogens with zero attached hydrogens (tertiary/aromatic N) is 2. The molecule has 3 aliphatic rings. The van der Waals surface area contributed by atoms with Crippen LogP contribution in [-0.2, 0) is 14.8 Å². The number of hydrogen-bond acceptors (Lipinski definition) is 4. The highest BCUT2D eigenvalue weighted by Crippen LogP contribution is 2.30. The van der Waals surface area contributed by atoms with Gasteiger partial charge in [0.1, 0.15) is 0 Å². The molecule has 0 radical (unpaired) electrons. The number of nitrogens with two attached hydrogens (primary N) is 1. The topological polar surface area (TPSA) is 83.7 Å². The Balaban J connectivity index is 1.66. The van der Waals surface area contributed by atoms with Crippen molar-refractivity contribution in [1.29, 1.82) is 0 Å². The van der Waals surface area contributed by atoms with Gasteiger partial charge in [-0.05, 0) is 38.0 Å². The van der Waals surface area contributed by atoms with Crippen LogP contribution < -0.4 is 5.73 Å². The zero-order valence-corrected chi connectivity index (χ0v) is 15.5. The molecule has 1 aliphatic carbocycles. The number of amides is 1. The minimum atomic E-state index is -3.35. The van der Waals surface area contributed by atoms with Crippen molar-refractivity contribution in [2.24, 2.45) is 17.6 Å². The molecule has 3 rings (SSSR count). The first-order valence-corrected chi connectivity index (χ1v) is 10.9. The second-order valence-electron chi connectivity index (χ2n) is 7.86. The van der Waals surface area contributed by atoms with Gasteiger partial charge in [-0.3, -0.25) is 4.79 Å². The zero-order chi connectivity index (χ0) is 17.3. The van der Waals surface area contributed by atoms with Gasteiger partial charge >= 0.3 is 0 Å². The molecule has 1 amide bonds. The molecule has 3 unspecified atom stereocenters. The minimum Gasteiger partial charge on any atom is -0.341 e. The van der Waals surface area contributed by atoms with E-state index >= 15 is 0 Å². The first-order chi connectivity index (χ1) is 11.4. The molecule has 24 heavy (non-hydrogen) atoms. The quantitative estimate of drug-likeness (QED) is 0.822. The largest absolute Gasteiger partial charge is 0.341 e. The van der Waals surface area contributed by atoms with Crippen LogP contribution in [0.3, 0.4) is 0 Å². The van der Waals surface area contributed by atoms with Crippen LogP contribution in [0.2, 0.25) is 0 Å². The van der Waals surface area contributed by atoms with Gasteiger partial charge in [0.15, 0.2) is 0 Å². The van der Waals surface area contributed by atoms with E-state index in [2.05, 4.69) is 0 Å². The highest BCUT2D eigenvalue weighted by atomic mass is 32.2. The Hall–Kier alpha value is -0.660. The molecule has 138 valence electrons. The average Bonchev–Trinajstić information content (AvgIpc) is 3.11. The van der Waals surface area contributed by atoms with Crippen LogP contribution in [0, 0.1) is 11.8 Å². The van der Waals surface area contributed by atoms with E-state index in [1.165, 1.54) is 0 Å². The smallest absolute Gasteiger partial charge is 0.225 e. The maximum absolute atomic E-state index is 13.0. The summed E-state index contributed by atoms with van der Waals surface area (Å²) >= 11 is 0. The Morgan fingerprint density at radius 3 is 2.38 bits per heavy atom. The molecule has 2 heterocycles. The molecule has 3 atom stereocenters. The van der Waals surface area contributed by atoms with Crippen molar-refractivity contribution in [3.8, 4) is 0 Å². The zero-order valence-electron chi connectivity index (χ0n) is 14.7. The SMILES string of the molecule is CC1CN(S(=O)(=O)C2CCCN(C(=O)C3CCCC3)C2)CCC1N. The molecule has 2 N–H and O–H groups in total. The highest BCUT2D eigenvalue weighted by molar-refractivity contribution is 7.89. The van der Waals surface area contributed by atoms with Crippen molar-refractivity contribution in [3.05, 3.63) is 0 Å². The standard InChI is InChI=1S/C17H31N3O3S/c1-13-11-20(10-8-16(13)18)24(22,23)15-7-4-9-19(12-15)17(21)14-5-2-3-6-14/h13-16H,2-12,18H2,1H3. The molecular formula is C17H31N3O3S. The summed E-state index contributed by atoms with van der Waals surface area (Å²) in [5.74, 6) is 0.495. The first-order valence-electron chi connectivity index (χ1n) is 9.43. The van der Waals surface area contributed by atoms with Crippen LogP contribution in [0.15, 0.2) is 0 Å². The maximum Gasteiger partial charge on any atom is 0.225 e. The summed E-state index contributed by atoms with van der Waals surface area (Å²) in [5, 5.41) is -0.446. The summed E-state index contributed by atoms with van der Waals surface area (Å²) in [7, 11) is -3.35. The molecule has 2 aliphatic heterocycles. The molecule has 3 fully saturated rings. The summed E-state index contributed by atoms with van der Waals surface area (Å²) in [6, 6.07) is 0.0863. The third-order valence-electron chi connectivity index (χ3n) is 6.11. The van der Waals surface area contributed by atoms with Gasteiger partial charge in [-0.1, -0.05) is 19.8 Å². The Morgan fingerprint density at radius 1 is 1.00 bits per heavy atom. The number of rotatable bonds is 3. The molecule has 0 aromatic heterocycles. The third kappa shape index (κ3) is 3.63. The second-order valence-corrected chi connectivity index (χ2v) is 10.1. The molecule has 0 bridgehead atoms. The van der Waals surface area contributed by atoms with Crippen LogP contribution in [0.1, 0.15) is 51.9 Å². The van der Waals surface area contributed by atoms with Crippen LogP contribution in [-0.4, -0.2) is 61.0 Å².